The van der Waals surface area contributed by atoms with Crippen molar-refractivity contribution in [3.05, 3.63) is 90.0 Å². The molecule has 0 saturated carbocycles. The Morgan fingerprint density at radius 3 is 2.25 bits per heavy atom. The van der Waals surface area contributed by atoms with Crippen LogP contribution in [0.3, 0.4) is 0 Å². The van der Waals surface area contributed by atoms with Gasteiger partial charge in [-0.05, 0) is 42.0 Å². The Labute approximate surface area is 145 Å². The molecule has 0 fully saturated rings. The van der Waals surface area contributed by atoms with Gasteiger partial charge in [0.15, 0.2) is 0 Å². The first kappa shape index (κ1) is 14.7. The van der Waals surface area contributed by atoms with Gasteiger partial charge in [0, 0.05) is 16.0 Å². The summed E-state index contributed by atoms with van der Waals surface area (Å²) in [5.74, 6) is 1.35. The van der Waals surface area contributed by atoms with Crippen molar-refractivity contribution in [3.63, 3.8) is 0 Å². The second-order valence-corrected chi connectivity index (χ2v) is 5.89. The lowest BCUT2D eigenvalue weighted by Gasteiger charge is -2.12. The van der Waals surface area contributed by atoms with Crippen LogP contribution in [0.15, 0.2) is 84.9 Å². The summed E-state index contributed by atoms with van der Waals surface area (Å²) in [6, 6.07) is 27.5. The summed E-state index contributed by atoms with van der Waals surface area (Å²) in [5, 5.41) is 1.78. The van der Waals surface area contributed by atoms with Gasteiger partial charge in [0.2, 0.25) is 5.88 Å². The van der Waals surface area contributed by atoms with Gasteiger partial charge in [-0.25, -0.2) is 4.98 Å². The lowest BCUT2D eigenvalue weighted by atomic mass is 10.0. The van der Waals surface area contributed by atoms with E-state index in [1.807, 2.05) is 78.9 Å². The number of fused-ring (bicyclic) bond motifs is 1. The molecule has 0 amide bonds. The Bertz CT molecular complexity index is 982. The van der Waals surface area contributed by atoms with E-state index in [1.165, 1.54) is 0 Å². The van der Waals surface area contributed by atoms with Gasteiger partial charge in [-0.1, -0.05) is 60.1 Å². The average Bonchev–Trinajstić information content (AvgIpc) is 2.63. The van der Waals surface area contributed by atoms with Crippen LogP contribution < -0.4 is 4.74 Å². The molecule has 3 aromatic carbocycles. The Morgan fingerprint density at radius 2 is 1.46 bits per heavy atom. The zero-order valence-corrected chi connectivity index (χ0v) is 13.6. The van der Waals surface area contributed by atoms with Gasteiger partial charge < -0.3 is 4.74 Å². The topological polar surface area (TPSA) is 22.1 Å². The summed E-state index contributed by atoms with van der Waals surface area (Å²) >= 11 is 6.02. The summed E-state index contributed by atoms with van der Waals surface area (Å²) in [6.07, 6.45) is 0. The summed E-state index contributed by atoms with van der Waals surface area (Å²) in [6.45, 7) is 0. The fraction of sp³-hybridized carbons (Fsp3) is 0. The normalized spacial score (nSPS) is 10.7. The zero-order valence-electron chi connectivity index (χ0n) is 12.8. The quantitative estimate of drug-likeness (QED) is 0.436. The molecule has 24 heavy (non-hydrogen) atoms. The standard InChI is InChI=1S/C21H14ClNO/c22-17-12-10-15(11-13-17)19-14-16-6-4-5-9-20(16)23-21(19)24-18-7-2-1-3-8-18/h1-14H. The Balaban J connectivity index is 1.88. The number of ether oxygens (including phenoxy) is 1. The number of nitrogens with zero attached hydrogens (tertiary/aromatic N) is 1. The molecule has 0 aliphatic heterocycles. The van der Waals surface area contributed by atoms with E-state index < -0.39 is 0 Å². The van der Waals surface area contributed by atoms with E-state index in [-0.39, 0.29) is 0 Å². The molecule has 4 aromatic rings. The van der Waals surface area contributed by atoms with E-state index in [4.69, 9.17) is 21.3 Å². The summed E-state index contributed by atoms with van der Waals surface area (Å²) in [4.78, 5) is 4.71. The largest absolute Gasteiger partial charge is 0.438 e. The van der Waals surface area contributed by atoms with Crippen molar-refractivity contribution in [2.75, 3.05) is 0 Å². The van der Waals surface area contributed by atoms with Crippen LogP contribution in [0.25, 0.3) is 22.0 Å². The lowest BCUT2D eigenvalue weighted by Crippen LogP contribution is -1.93. The number of rotatable bonds is 3. The van der Waals surface area contributed by atoms with Gasteiger partial charge in [-0.2, -0.15) is 0 Å². The van der Waals surface area contributed by atoms with Crippen molar-refractivity contribution in [1.29, 1.82) is 0 Å². The minimum Gasteiger partial charge on any atom is -0.438 e. The molecule has 3 heteroatoms. The lowest BCUT2D eigenvalue weighted by molar-refractivity contribution is 0.467. The van der Waals surface area contributed by atoms with Gasteiger partial charge >= 0.3 is 0 Å². The molecule has 0 unspecified atom stereocenters. The van der Waals surface area contributed by atoms with Crippen LogP contribution in [-0.2, 0) is 0 Å². The maximum Gasteiger partial charge on any atom is 0.227 e. The third kappa shape index (κ3) is 2.97. The molecule has 0 radical (unpaired) electrons. The number of aromatic nitrogens is 1. The smallest absolute Gasteiger partial charge is 0.227 e. The van der Waals surface area contributed by atoms with Crippen LogP contribution in [0, 0.1) is 0 Å². The van der Waals surface area contributed by atoms with Crippen molar-refractivity contribution in [3.8, 4) is 22.8 Å². The first-order valence-electron chi connectivity index (χ1n) is 7.68. The van der Waals surface area contributed by atoms with Crippen molar-refractivity contribution in [2.45, 2.75) is 0 Å². The highest BCUT2D eigenvalue weighted by molar-refractivity contribution is 6.30. The number of para-hydroxylation sites is 2. The van der Waals surface area contributed by atoms with E-state index in [2.05, 4.69) is 6.07 Å². The molecule has 0 N–H and O–H groups in total. The van der Waals surface area contributed by atoms with Crippen LogP contribution in [0.1, 0.15) is 0 Å². The molecule has 0 aliphatic rings. The van der Waals surface area contributed by atoms with E-state index in [1.54, 1.807) is 0 Å². The predicted molar refractivity (Wildman–Crippen MR) is 98.7 cm³/mol. The molecular weight excluding hydrogens is 318 g/mol. The van der Waals surface area contributed by atoms with Gasteiger partial charge in [-0.15, -0.1) is 0 Å². The van der Waals surface area contributed by atoms with E-state index in [0.29, 0.717) is 10.9 Å². The number of benzene rings is 3. The maximum absolute atomic E-state index is 6.06. The second kappa shape index (κ2) is 6.34. The number of pyridine rings is 1. The highest BCUT2D eigenvalue weighted by Crippen LogP contribution is 2.34. The van der Waals surface area contributed by atoms with E-state index in [9.17, 15) is 0 Å². The highest BCUT2D eigenvalue weighted by Gasteiger charge is 2.11. The fourth-order valence-electron chi connectivity index (χ4n) is 2.61. The zero-order chi connectivity index (χ0) is 16.4. The van der Waals surface area contributed by atoms with Crippen LogP contribution in [0.2, 0.25) is 5.02 Å². The number of hydrogen-bond acceptors (Lipinski definition) is 2. The van der Waals surface area contributed by atoms with E-state index >= 15 is 0 Å². The Hall–Kier alpha value is -2.84. The minimum atomic E-state index is 0.585. The molecule has 0 bridgehead atoms. The van der Waals surface area contributed by atoms with Crippen LogP contribution in [0.4, 0.5) is 0 Å². The average molecular weight is 332 g/mol. The van der Waals surface area contributed by atoms with E-state index in [0.717, 1.165) is 27.8 Å². The number of hydrogen-bond donors (Lipinski definition) is 0. The predicted octanol–water partition coefficient (Wildman–Crippen LogP) is 6.35. The van der Waals surface area contributed by atoms with Crippen LogP contribution in [-0.4, -0.2) is 4.98 Å². The van der Waals surface area contributed by atoms with Crippen LogP contribution in [0.5, 0.6) is 11.6 Å². The second-order valence-electron chi connectivity index (χ2n) is 5.46. The number of halogens is 1. The minimum absolute atomic E-state index is 0.585. The molecule has 0 aliphatic carbocycles. The van der Waals surface area contributed by atoms with Gasteiger partial charge in [-0.3, -0.25) is 0 Å². The van der Waals surface area contributed by atoms with Crippen LogP contribution >= 0.6 is 11.6 Å². The fourth-order valence-corrected chi connectivity index (χ4v) is 2.74. The molecule has 116 valence electrons. The summed E-state index contributed by atoms with van der Waals surface area (Å²) in [5.41, 5.74) is 2.86. The van der Waals surface area contributed by atoms with Gasteiger partial charge in [0.05, 0.1) is 5.52 Å². The van der Waals surface area contributed by atoms with Crippen molar-refractivity contribution in [1.82, 2.24) is 4.98 Å². The molecular formula is C21H14ClNO. The first-order valence-corrected chi connectivity index (χ1v) is 8.06. The highest BCUT2D eigenvalue weighted by atomic mass is 35.5. The summed E-state index contributed by atoms with van der Waals surface area (Å²) in [7, 11) is 0. The molecule has 0 atom stereocenters. The van der Waals surface area contributed by atoms with Gasteiger partial charge in [0.1, 0.15) is 5.75 Å². The Kier molecular flexibility index (Phi) is 3.89. The molecule has 1 aromatic heterocycles. The SMILES string of the molecule is Clc1ccc(-c2cc3ccccc3nc2Oc2ccccc2)cc1. The third-order valence-electron chi connectivity index (χ3n) is 3.80. The molecule has 1 heterocycles. The third-order valence-corrected chi connectivity index (χ3v) is 4.05. The first-order chi connectivity index (χ1) is 11.8. The monoisotopic (exact) mass is 331 g/mol. The Morgan fingerprint density at radius 1 is 0.750 bits per heavy atom. The molecule has 2 nitrogen and oxygen atoms in total. The van der Waals surface area contributed by atoms with Crippen molar-refractivity contribution >= 4 is 22.5 Å². The van der Waals surface area contributed by atoms with Crippen molar-refractivity contribution in [2.24, 2.45) is 0 Å². The molecule has 0 saturated heterocycles. The molecule has 0 spiro atoms. The molecule has 4 rings (SSSR count). The summed E-state index contributed by atoms with van der Waals surface area (Å²) < 4.78 is 6.06. The van der Waals surface area contributed by atoms with Gasteiger partial charge in [0.25, 0.3) is 0 Å². The maximum atomic E-state index is 6.06. The van der Waals surface area contributed by atoms with Crippen molar-refractivity contribution < 1.29 is 4.74 Å².